The predicted octanol–water partition coefficient (Wildman–Crippen LogP) is 3.46. The van der Waals surface area contributed by atoms with Crippen LogP contribution in [0.4, 0.5) is 5.69 Å². The van der Waals surface area contributed by atoms with E-state index in [2.05, 4.69) is 15.3 Å². The normalized spacial score (nSPS) is 19.6. The molecule has 0 spiro atoms. The largest absolute Gasteiger partial charge is 0.424 e. The molecule has 1 amide bonds. The Balaban J connectivity index is 0.00000225. The molecule has 1 heterocycles. The number of aromatic nitrogens is 2. The lowest BCUT2D eigenvalue weighted by molar-refractivity contribution is -0.120. The third-order valence-electron chi connectivity index (χ3n) is 4.29. The average molecular weight is 363 g/mol. The van der Waals surface area contributed by atoms with Gasteiger partial charge < -0.3 is 15.8 Å². The number of aryl methyl sites for hydroxylation is 1. The fourth-order valence-corrected chi connectivity index (χ4v) is 2.98. The number of benzene rings is 1. The Bertz CT molecular complexity index is 711. The number of anilines is 1. The molecule has 134 valence electrons. The molecule has 25 heavy (non-hydrogen) atoms. The van der Waals surface area contributed by atoms with Gasteiger partial charge in [-0.25, -0.2) is 9.97 Å². The lowest BCUT2D eigenvalue weighted by Gasteiger charge is -2.26. The molecule has 3 N–H and O–H groups in total. The van der Waals surface area contributed by atoms with Crippen molar-refractivity contribution in [1.29, 1.82) is 0 Å². The molecule has 1 aliphatic rings. The molecule has 2 unspecified atom stereocenters. The molecule has 0 saturated heterocycles. The van der Waals surface area contributed by atoms with E-state index in [1.807, 2.05) is 19.1 Å². The monoisotopic (exact) mass is 362 g/mol. The number of nitrogens with zero attached hydrogens (tertiary/aromatic N) is 2. The van der Waals surface area contributed by atoms with Crippen LogP contribution >= 0.6 is 12.4 Å². The third kappa shape index (κ3) is 5.14. The van der Waals surface area contributed by atoms with E-state index in [9.17, 15) is 4.79 Å². The molecule has 0 bridgehead atoms. The molecule has 2 aromatic rings. The minimum Gasteiger partial charge on any atom is -0.424 e. The molecule has 1 aliphatic carbocycles. The van der Waals surface area contributed by atoms with Crippen LogP contribution in [0.3, 0.4) is 0 Å². The fraction of sp³-hybridized carbons (Fsp3) is 0.389. The van der Waals surface area contributed by atoms with Crippen molar-refractivity contribution in [3.8, 4) is 11.8 Å². The number of carbonyl (C=O) groups excluding carboxylic acids is 1. The zero-order chi connectivity index (χ0) is 16.9. The smallest absolute Gasteiger partial charge is 0.321 e. The van der Waals surface area contributed by atoms with Gasteiger partial charge in [-0.1, -0.05) is 6.42 Å². The zero-order valence-corrected chi connectivity index (χ0v) is 15.0. The second-order valence-electron chi connectivity index (χ2n) is 6.22. The summed E-state index contributed by atoms with van der Waals surface area (Å²) in [7, 11) is 0. The van der Waals surface area contributed by atoms with Gasteiger partial charge in [0, 0.05) is 30.0 Å². The maximum Gasteiger partial charge on any atom is 0.321 e. The summed E-state index contributed by atoms with van der Waals surface area (Å²) in [4.78, 5) is 20.5. The second-order valence-corrected chi connectivity index (χ2v) is 6.22. The van der Waals surface area contributed by atoms with Gasteiger partial charge >= 0.3 is 6.01 Å². The van der Waals surface area contributed by atoms with Crippen LogP contribution in [0.15, 0.2) is 36.7 Å². The molecule has 1 aromatic heterocycles. The van der Waals surface area contributed by atoms with Crippen molar-refractivity contribution >= 4 is 24.0 Å². The van der Waals surface area contributed by atoms with Crippen LogP contribution in [-0.2, 0) is 4.79 Å². The Morgan fingerprint density at radius 1 is 1.28 bits per heavy atom. The standard InChI is InChI=1S/C18H22N4O2.ClH/c1-12-10-15(24-18-20-8-3-9-21-18)6-7-16(12)22-17(23)13-4-2-5-14(19)11-13;/h3,6-10,13-14H,2,4-5,11,19H2,1H3,(H,22,23);1H. The number of ether oxygens (including phenoxy) is 1. The molecule has 0 aliphatic heterocycles. The van der Waals surface area contributed by atoms with E-state index >= 15 is 0 Å². The average Bonchev–Trinajstić information content (AvgIpc) is 2.58. The molecule has 1 aromatic carbocycles. The Labute approximate surface area is 153 Å². The van der Waals surface area contributed by atoms with E-state index in [0.717, 1.165) is 36.9 Å². The van der Waals surface area contributed by atoms with Gasteiger partial charge in [0.05, 0.1) is 0 Å². The first-order valence-corrected chi connectivity index (χ1v) is 8.24. The Morgan fingerprint density at radius 3 is 2.72 bits per heavy atom. The van der Waals surface area contributed by atoms with Crippen LogP contribution in [0.5, 0.6) is 11.8 Å². The first-order valence-electron chi connectivity index (χ1n) is 8.24. The minimum absolute atomic E-state index is 0. The lowest BCUT2D eigenvalue weighted by Crippen LogP contribution is -2.34. The highest BCUT2D eigenvalue weighted by atomic mass is 35.5. The van der Waals surface area contributed by atoms with Crippen molar-refractivity contribution in [2.75, 3.05) is 5.32 Å². The van der Waals surface area contributed by atoms with Crippen LogP contribution in [-0.4, -0.2) is 21.9 Å². The predicted molar refractivity (Wildman–Crippen MR) is 99.1 cm³/mol. The van der Waals surface area contributed by atoms with Gasteiger partial charge in [-0.15, -0.1) is 12.4 Å². The highest BCUT2D eigenvalue weighted by molar-refractivity contribution is 5.93. The van der Waals surface area contributed by atoms with E-state index in [-0.39, 0.29) is 30.3 Å². The van der Waals surface area contributed by atoms with E-state index in [1.54, 1.807) is 24.5 Å². The van der Waals surface area contributed by atoms with Gasteiger partial charge in [0.15, 0.2) is 0 Å². The summed E-state index contributed by atoms with van der Waals surface area (Å²) in [5.41, 5.74) is 7.69. The molecule has 2 atom stereocenters. The highest BCUT2D eigenvalue weighted by Gasteiger charge is 2.25. The van der Waals surface area contributed by atoms with Crippen LogP contribution in [0.2, 0.25) is 0 Å². The summed E-state index contributed by atoms with van der Waals surface area (Å²) >= 11 is 0. The minimum atomic E-state index is 0. The zero-order valence-electron chi connectivity index (χ0n) is 14.1. The number of carbonyl (C=O) groups is 1. The highest BCUT2D eigenvalue weighted by Crippen LogP contribution is 2.27. The molecule has 0 radical (unpaired) electrons. The Hall–Kier alpha value is -2.18. The number of nitrogens with two attached hydrogens (primary N) is 1. The number of halogens is 1. The molecule has 6 nitrogen and oxygen atoms in total. The van der Waals surface area contributed by atoms with Gasteiger partial charge in [0.25, 0.3) is 0 Å². The molecule has 1 fully saturated rings. The molecule has 3 rings (SSSR count). The maximum atomic E-state index is 12.4. The molecular weight excluding hydrogens is 340 g/mol. The lowest BCUT2D eigenvalue weighted by atomic mass is 9.85. The maximum absolute atomic E-state index is 12.4. The van der Waals surface area contributed by atoms with Crippen LogP contribution in [0.25, 0.3) is 0 Å². The van der Waals surface area contributed by atoms with E-state index < -0.39 is 0 Å². The molecular formula is C18H23ClN4O2. The van der Waals surface area contributed by atoms with Crippen molar-refractivity contribution in [1.82, 2.24) is 9.97 Å². The van der Waals surface area contributed by atoms with Gasteiger partial charge in [-0.05, 0) is 56.0 Å². The summed E-state index contributed by atoms with van der Waals surface area (Å²) in [6.07, 6.45) is 6.94. The van der Waals surface area contributed by atoms with Gasteiger partial charge in [-0.3, -0.25) is 4.79 Å². The molecule has 1 saturated carbocycles. The summed E-state index contributed by atoms with van der Waals surface area (Å²) in [5.74, 6) is 0.687. The number of nitrogens with one attached hydrogen (secondary N) is 1. The SMILES string of the molecule is Cc1cc(Oc2ncccn2)ccc1NC(=O)C1CCCC(N)C1.Cl. The second kappa shape index (κ2) is 8.78. The number of hydrogen-bond acceptors (Lipinski definition) is 5. The third-order valence-corrected chi connectivity index (χ3v) is 4.29. The van der Waals surface area contributed by atoms with Crippen LogP contribution in [0.1, 0.15) is 31.2 Å². The van der Waals surface area contributed by atoms with E-state index in [0.29, 0.717) is 11.8 Å². The first-order chi connectivity index (χ1) is 11.6. The Morgan fingerprint density at radius 2 is 2.04 bits per heavy atom. The van der Waals surface area contributed by atoms with Gasteiger partial charge in [-0.2, -0.15) is 0 Å². The first kappa shape index (κ1) is 19.1. The topological polar surface area (TPSA) is 90.1 Å². The quantitative estimate of drug-likeness (QED) is 0.869. The van der Waals surface area contributed by atoms with Crippen LogP contribution in [0, 0.1) is 12.8 Å². The van der Waals surface area contributed by atoms with Crippen molar-refractivity contribution in [2.24, 2.45) is 11.7 Å². The van der Waals surface area contributed by atoms with Crippen molar-refractivity contribution in [3.63, 3.8) is 0 Å². The summed E-state index contributed by atoms with van der Waals surface area (Å²) < 4.78 is 5.60. The van der Waals surface area contributed by atoms with Crippen molar-refractivity contribution in [3.05, 3.63) is 42.2 Å². The van der Waals surface area contributed by atoms with Gasteiger partial charge in [0.2, 0.25) is 5.91 Å². The van der Waals surface area contributed by atoms with Crippen LogP contribution < -0.4 is 15.8 Å². The summed E-state index contributed by atoms with van der Waals surface area (Å²) in [6, 6.07) is 7.66. The Kier molecular flexibility index (Phi) is 6.73. The summed E-state index contributed by atoms with van der Waals surface area (Å²) in [6.45, 7) is 1.93. The van der Waals surface area contributed by atoms with Gasteiger partial charge in [0.1, 0.15) is 5.75 Å². The fourth-order valence-electron chi connectivity index (χ4n) is 2.98. The van der Waals surface area contributed by atoms with Crippen molar-refractivity contribution in [2.45, 2.75) is 38.6 Å². The number of hydrogen-bond donors (Lipinski definition) is 2. The number of amides is 1. The van der Waals surface area contributed by atoms with Crippen molar-refractivity contribution < 1.29 is 9.53 Å². The summed E-state index contributed by atoms with van der Waals surface area (Å²) in [5, 5.41) is 3.01. The number of rotatable bonds is 4. The van der Waals surface area contributed by atoms with E-state index in [1.165, 1.54) is 0 Å². The molecule has 7 heteroatoms. The van der Waals surface area contributed by atoms with E-state index in [4.69, 9.17) is 10.5 Å².